The largest absolute Gasteiger partial charge is 0.326 e. The highest BCUT2D eigenvalue weighted by atomic mass is 15.3. The van der Waals surface area contributed by atoms with E-state index in [2.05, 4.69) is 18.2 Å². The van der Waals surface area contributed by atoms with E-state index >= 15 is 0 Å². The van der Waals surface area contributed by atoms with Crippen LogP contribution < -0.4 is 5.73 Å². The molecule has 0 saturated heterocycles. The lowest BCUT2D eigenvalue weighted by atomic mass is 10.0. The van der Waals surface area contributed by atoms with Crippen LogP contribution in [0.1, 0.15) is 49.8 Å². The maximum atomic E-state index is 5.73. The van der Waals surface area contributed by atoms with Gasteiger partial charge in [-0.1, -0.05) is 12.8 Å². The minimum atomic E-state index is 0.631. The fourth-order valence-electron chi connectivity index (χ4n) is 2.34. The Balaban J connectivity index is 2.25. The monoisotopic (exact) mass is 193 g/mol. The van der Waals surface area contributed by atoms with Crippen LogP contribution in [-0.4, -0.2) is 9.78 Å². The summed E-state index contributed by atoms with van der Waals surface area (Å²) in [5.74, 6) is 0.682. The highest BCUT2D eigenvalue weighted by Crippen LogP contribution is 2.34. The Morgan fingerprint density at radius 1 is 1.50 bits per heavy atom. The van der Waals surface area contributed by atoms with Crippen molar-refractivity contribution in [1.29, 1.82) is 0 Å². The second-order valence-electron chi connectivity index (χ2n) is 4.08. The minimum absolute atomic E-state index is 0.631. The molecule has 0 aliphatic heterocycles. The molecule has 0 unspecified atom stereocenters. The first-order valence-electron chi connectivity index (χ1n) is 5.61. The maximum Gasteiger partial charge on any atom is 0.0700 e. The van der Waals surface area contributed by atoms with Gasteiger partial charge in [0, 0.05) is 30.8 Å². The SMILES string of the molecule is CCn1cc(CN)c(C2CCCC2)n1. The topological polar surface area (TPSA) is 43.8 Å². The molecular weight excluding hydrogens is 174 g/mol. The lowest BCUT2D eigenvalue weighted by Gasteiger charge is -2.06. The average molecular weight is 193 g/mol. The van der Waals surface area contributed by atoms with Gasteiger partial charge < -0.3 is 5.73 Å². The Labute approximate surface area is 85.3 Å². The van der Waals surface area contributed by atoms with Gasteiger partial charge in [-0.25, -0.2) is 0 Å². The van der Waals surface area contributed by atoms with Gasteiger partial charge in [-0.15, -0.1) is 0 Å². The molecule has 78 valence electrons. The van der Waals surface area contributed by atoms with E-state index in [1.165, 1.54) is 36.9 Å². The lowest BCUT2D eigenvalue weighted by molar-refractivity contribution is 0.613. The van der Waals surface area contributed by atoms with Crippen molar-refractivity contribution < 1.29 is 0 Å². The van der Waals surface area contributed by atoms with Crippen LogP contribution in [0, 0.1) is 0 Å². The molecule has 0 radical (unpaired) electrons. The van der Waals surface area contributed by atoms with Crippen LogP contribution in [0.15, 0.2) is 6.20 Å². The number of nitrogens with two attached hydrogens (primary N) is 1. The average Bonchev–Trinajstić information content (AvgIpc) is 2.85. The van der Waals surface area contributed by atoms with Crippen molar-refractivity contribution in [2.45, 2.75) is 51.6 Å². The van der Waals surface area contributed by atoms with Crippen LogP contribution in [0.3, 0.4) is 0 Å². The summed E-state index contributed by atoms with van der Waals surface area (Å²) in [5, 5.41) is 4.62. The third kappa shape index (κ3) is 1.69. The highest BCUT2D eigenvalue weighted by molar-refractivity contribution is 5.21. The van der Waals surface area contributed by atoms with E-state index in [0.717, 1.165) is 6.54 Å². The quantitative estimate of drug-likeness (QED) is 0.798. The molecule has 2 N–H and O–H groups in total. The number of nitrogens with zero attached hydrogens (tertiary/aromatic N) is 2. The number of aromatic nitrogens is 2. The van der Waals surface area contributed by atoms with Crippen molar-refractivity contribution in [1.82, 2.24) is 9.78 Å². The molecule has 0 amide bonds. The zero-order valence-corrected chi connectivity index (χ0v) is 8.87. The van der Waals surface area contributed by atoms with Gasteiger partial charge in [0.15, 0.2) is 0 Å². The highest BCUT2D eigenvalue weighted by Gasteiger charge is 2.22. The van der Waals surface area contributed by atoms with Crippen LogP contribution in [0.2, 0.25) is 0 Å². The van der Waals surface area contributed by atoms with Gasteiger partial charge in [0.1, 0.15) is 0 Å². The Hall–Kier alpha value is -0.830. The van der Waals surface area contributed by atoms with Gasteiger partial charge in [0.25, 0.3) is 0 Å². The van der Waals surface area contributed by atoms with Crippen LogP contribution in [0.5, 0.6) is 0 Å². The third-order valence-electron chi connectivity index (χ3n) is 3.16. The fourth-order valence-corrected chi connectivity index (χ4v) is 2.34. The van der Waals surface area contributed by atoms with Gasteiger partial charge in [0.05, 0.1) is 5.69 Å². The number of hydrogen-bond acceptors (Lipinski definition) is 2. The molecule has 1 heterocycles. The van der Waals surface area contributed by atoms with Crippen LogP contribution in [0.4, 0.5) is 0 Å². The molecule has 1 aromatic rings. The second kappa shape index (κ2) is 4.13. The zero-order chi connectivity index (χ0) is 9.97. The molecule has 14 heavy (non-hydrogen) atoms. The van der Waals surface area contributed by atoms with E-state index < -0.39 is 0 Å². The molecule has 1 aliphatic carbocycles. The molecule has 0 aromatic carbocycles. The Bertz CT molecular complexity index is 297. The van der Waals surface area contributed by atoms with Crippen LogP contribution in [0.25, 0.3) is 0 Å². The summed E-state index contributed by atoms with van der Waals surface area (Å²) in [6, 6.07) is 0. The minimum Gasteiger partial charge on any atom is -0.326 e. The van der Waals surface area contributed by atoms with Gasteiger partial charge in [0.2, 0.25) is 0 Å². The van der Waals surface area contributed by atoms with E-state index in [1.807, 2.05) is 4.68 Å². The Morgan fingerprint density at radius 2 is 2.21 bits per heavy atom. The summed E-state index contributed by atoms with van der Waals surface area (Å²) in [4.78, 5) is 0. The van der Waals surface area contributed by atoms with E-state index in [1.54, 1.807) is 0 Å². The van der Waals surface area contributed by atoms with Crippen molar-refractivity contribution in [2.75, 3.05) is 0 Å². The number of hydrogen-bond donors (Lipinski definition) is 1. The van der Waals surface area contributed by atoms with Gasteiger partial charge in [-0.05, 0) is 19.8 Å². The predicted octanol–water partition coefficient (Wildman–Crippen LogP) is 2.02. The summed E-state index contributed by atoms with van der Waals surface area (Å²) < 4.78 is 2.01. The molecule has 1 aliphatic rings. The zero-order valence-electron chi connectivity index (χ0n) is 8.87. The molecule has 0 bridgehead atoms. The first kappa shape index (κ1) is 9.71. The summed E-state index contributed by atoms with van der Waals surface area (Å²) in [6.45, 7) is 3.69. The van der Waals surface area contributed by atoms with Crippen LogP contribution >= 0.6 is 0 Å². The third-order valence-corrected chi connectivity index (χ3v) is 3.16. The number of aryl methyl sites for hydroxylation is 1. The summed E-state index contributed by atoms with van der Waals surface area (Å²) in [7, 11) is 0. The first-order chi connectivity index (χ1) is 6.85. The first-order valence-corrected chi connectivity index (χ1v) is 5.61. The maximum absolute atomic E-state index is 5.73. The smallest absolute Gasteiger partial charge is 0.0700 e. The van der Waals surface area contributed by atoms with Crippen molar-refractivity contribution in [3.8, 4) is 0 Å². The van der Waals surface area contributed by atoms with E-state index in [4.69, 9.17) is 5.73 Å². The molecule has 1 aromatic heterocycles. The molecule has 0 atom stereocenters. The summed E-state index contributed by atoms with van der Waals surface area (Å²) in [6.07, 6.45) is 7.41. The molecule has 0 spiro atoms. The molecule has 2 rings (SSSR count). The van der Waals surface area contributed by atoms with Crippen molar-refractivity contribution >= 4 is 0 Å². The molecule has 1 saturated carbocycles. The lowest BCUT2D eigenvalue weighted by Crippen LogP contribution is -2.03. The molecule has 3 heteroatoms. The van der Waals surface area contributed by atoms with E-state index in [0.29, 0.717) is 12.5 Å². The summed E-state index contributed by atoms with van der Waals surface area (Å²) >= 11 is 0. The van der Waals surface area contributed by atoms with Crippen LogP contribution in [-0.2, 0) is 13.1 Å². The van der Waals surface area contributed by atoms with Gasteiger partial charge >= 0.3 is 0 Å². The second-order valence-corrected chi connectivity index (χ2v) is 4.08. The van der Waals surface area contributed by atoms with Gasteiger partial charge in [-0.2, -0.15) is 5.10 Å². The Kier molecular flexibility index (Phi) is 2.87. The van der Waals surface area contributed by atoms with E-state index in [9.17, 15) is 0 Å². The van der Waals surface area contributed by atoms with Crippen molar-refractivity contribution in [2.24, 2.45) is 5.73 Å². The van der Waals surface area contributed by atoms with Crippen molar-refractivity contribution in [3.63, 3.8) is 0 Å². The Morgan fingerprint density at radius 3 is 2.79 bits per heavy atom. The normalized spacial score (nSPS) is 17.9. The molecule has 3 nitrogen and oxygen atoms in total. The summed E-state index contributed by atoms with van der Waals surface area (Å²) in [5.41, 5.74) is 8.25. The fraction of sp³-hybridized carbons (Fsp3) is 0.727. The van der Waals surface area contributed by atoms with E-state index in [-0.39, 0.29) is 0 Å². The standard InChI is InChI=1S/C11H19N3/c1-2-14-8-10(7-12)11(13-14)9-5-3-4-6-9/h8-9H,2-7,12H2,1H3. The van der Waals surface area contributed by atoms with Crippen molar-refractivity contribution in [3.05, 3.63) is 17.5 Å². The number of rotatable bonds is 3. The molecular formula is C11H19N3. The van der Waals surface area contributed by atoms with Gasteiger partial charge in [-0.3, -0.25) is 4.68 Å². The molecule has 1 fully saturated rings. The predicted molar refractivity (Wildman–Crippen MR) is 57.0 cm³/mol.